The highest BCUT2D eigenvalue weighted by molar-refractivity contribution is 7.22. The summed E-state index contributed by atoms with van der Waals surface area (Å²) in [7, 11) is 0. The number of carbonyl (C=O) groups is 2. The number of amides is 1. The van der Waals surface area contributed by atoms with Crippen LogP contribution in [0.4, 0.5) is 0 Å². The maximum absolute atomic E-state index is 12.8. The van der Waals surface area contributed by atoms with Gasteiger partial charge in [0, 0.05) is 6.42 Å². The minimum Gasteiger partial charge on any atom is -0.464 e. The second-order valence-electron chi connectivity index (χ2n) is 5.88. The van der Waals surface area contributed by atoms with Gasteiger partial charge in [0.15, 0.2) is 0 Å². The summed E-state index contributed by atoms with van der Waals surface area (Å²) in [5.74, 6) is -0.739. The molecule has 1 unspecified atom stereocenters. The first-order valence-corrected chi connectivity index (χ1v) is 10.3. The van der Waals surface area contributed by atoms with Gasteiger partial charge >= 0.3 is 5.97 Å². The SMILES string of the molecule is CCOC(=O)C(Cc1ccccc1)NC(=O)c1sc(-c2cccs2)nc1C. The highest BCUT2D eigenvalue weighted by Crippen LogP contribution is 2.31. The molecule has 5 nitrogen and oxygen atoms in total. The van der Waals surface area contributed by atoms with Crippen LogP contribution in [0.15, 0.2) is 47.8 Å². The van der Waals surface area contributed by atoms with Gasteiger partial charge in [-0.25, -0.2) is 9.78 Å². The number of aromatic nitrogens is 1. The number of nitrogens with one attached hydrogen (secondary N) is 1. The number of rotatable bonds is 7. The molecule has 1 N–H and O–H groups in total. The minimum atomic E-state index is -0.744. The maximum Gasteiger partial charge on any atom is 0.328 e. The van der Waals surface area contributed by atoms with Gasteiger partial charge in [-0.3, -0.25) is 4.79 Å². The third-order valence-corrected chi connectivity index (χ3v) is 6.09. The lowest BCUT2D eigenvalue weighted by Crippen LogP contribution is -2.43. The van der Waals surface area contributed by atoms with Crippen LogP contribution >= 0.6 is 22.7 Å². The Kier molecular flexibility index (Phi) is 6.36. The first kappa shape index (κ1) is 19.3. The van der Waals surface area contributed by atoms with Gasteiger partial charge in [0.05, 0.1) is 17.2 Å². The van der Waals surface area contributed by atoms with Crippen LogP contribution in [0.3, 0.4) is 0 Å². The number of hydrogen-bond donors (Lipinski definition) is 1. The quantitative estimate of drug-likeness (QED) is 0.607. The van der Waals surface area contributed by atoms with Crippen molar-refractivity contribution in [2.75, 3.05) is 6.61 Å². The predicted molar refractivity (Wildman–Crippen MR) is 108 cm³/mol. The molecule has 0 aliphatic rings. The molecule has 0 radical (unpaired) electrons. The molecule has 0 saturated carbocycles. The van der Waals surface area contributed by atoms with E-state index in [-0.39, 0.29) is 12.5 Å². The third-order valence-electron chi connectivity index (χ3n) is 3.89. The van der Waals surface area contributed by atoms with Crippen molar-refractivity contribution < 1.29 is 14.3 Å². The number of ether oxygens (including phenoxy) is 1. The number of carbonyl (C=O) groups excluding carboxylic acids is 2. The van der Waals surface area contributed by atoms with Crippen LogP contribution in [0.5, 0.6) is 0 Å². The minimum absolute atomic E-state index is 0.266. The highest BCUT2D eigenvalue weighted by Gasteiger charge is 2.25. The first-order chi connectivity index (χ1) is 13.1. The van der Waals surface area contributed by atoms with Crippen LogP contribution in [0.1, 0.15) is 27.9 Å². The summed E-state index contributed by atoms with van der Waals surface area (Å²) in [4.78, 5) is 31.2. The Morgan fingerprint density at radius 2 is 1.96 bits per heavy atom. The molecule has 0 aliphatic heterocycles. The summed E-state index contributed by atoms with van der Waals surface area (Å²) in [5.41, 5.74) is 1.61. The molecule has 2 aromatic heterocycles. The van der Waals surface area contributed by atoms with E-state index in [1.165, 1.54) is 11.3 Å². The molecule has 1 aromatic carbocycles. The summed E-state index contributed by atoms with van der Waals surface area (Å²) >= 11 is 2.91. The fraction of sp³-hybridized carbons (Fsp3) is 0.250. The normalized spacial score (nSPS) is 11.8. The van der Waals surface area contributed by atoms with E-state index in [2.05, 4.69) is 10.3 Å². The number of benzene rings is 1. The Morgan fingerprint density at radius 1 is 1.19 bits per heavy atom. The van der Waals surface area contributed by atoms with Gasteiger partial charge in [-0.2, -0.15) is 0 Å². The number of thiazole rings is 1. The number of nitrogens with zero attached hydrogens (tertiary/aromatic N) is 1. The lowest BCUT2D eigenvalue weighted by Gasteiger charge is -2.17. The Labute approximate surface area is 166 Å². The van der Waals surface area contributed by atoms with E-state index < -0.39 is 12.0 Å². The molecule has 1 atom stereocenters. The first-order valence-electron chi connectivity index (χ1n) is 8.61. The van der Waals surface area contributed by atoms with Gasteiger partial charge in [-0.1, -0.05) is 36.4 Å². The Morgan fingerprint density at radius 3 is 2.63 bits per heavy atom. The Bertz CT molecular complexity index is 905. The van der Waals surface area contributed by atoms with E-state index >= 15 is 0 Å². The molecule has 140 valence electrons. The van der Waals surface area contributed by atoms with Crippen LogP contribution in [0, 0.1) is 6.92 Å². The topological polar surface area (TPSA) is 68.3 Å². The van der Waals surface area contributed by atoms with E-state index in [1.807, 2.05) is 47.8 Å². The van der Waals surface area contributed by atoms with E-state index in [0.29, 0.717) is 17.0 Å². The standard InChI is InChI=1S/C20H20N2O3S2/c1-3-25-20(24)15(12-14-8-5-4-6-9-14)22-18(23)17-13(2)21-19(27-17)16-10-7-11-26-16/h4-11,15H,3,12H2,1-2H3,(H,22,23). The molecule has 0 saturated heterocycles. The van der Waals surface area contributed by atoms with Crippen LogP contribution in [-0.4, -0.2) is 29.5 Å². The molecular weight excluding hydrogens is 380 g/mol. The summed E-state index contributed by atoms with van der Waals surface area (Å²) in [6, 6.07) is 12.7. The molecule has 1 amide bonds. The van der Waals surface area contributed by atoms with Crippen molar-refractivity contribution in [3.8, 4) is 9.88 Å². The van der Waals surface area contributed by atoms with Crippen molar-refractivity contribution in [1.82, 2.24) is 10.3 Å². The molecule has 0 aliphatic carbocycles. The molecule has 0 fully saturated rings. The summed E-state index contributed by atoms with van der Waals surface area (Å²) in [6.45, 7) is 3.82. The van der Waals surface area contributed by atoms with E-state index in [9.17, 15) is 9.59 Å². The van der Waals surface area contributed by atoms with E-state index in [4.69, 9.17) is 4.74 Å². The van der Waals surface area contributed by atoms with Crippen molar-refractivity contribution in [3.05, 3.63) is 64.0 Å². The molecule has 2 heterocycles. The molecule has 3 rings (SSSR count). The van der Waals surface area contributed by atoms with Gasteiger partial charge in [-0.15, -0.1) is 22.7 Å². The molecule has 7 heteroatoms. The average Bonchev–Trinajstić information content (AvgIpc) is 3.31. The Hall–Kier alpha value is -2.51. The van der Waals surface area contributed by atoms with Gasteiger partial charge in [-0.05, 0) is 30.9 Å². The van der Waals surface area contributed by atoms with Crippen LogP contribution in [0.2, 0.25) is 0 Å². The number of thiophene rings is 1. The van der Waals surface area contributed by atoms with Gasteiger partial charge in [0.1, 0.15) is 15.9 Å². The van der Waals surface area contributed by atoms with Crippen molar-refractivity contribution >= 4 is 34.6 Å². The molecule has 3 aromatic rings. The largest absolute Gasteiger partial charge is 0.464 e. The fourth-order valence-corrected chi connectivity index (χ4v) is 4.39. The number of esters is 1. The Balaban J connectivity index is 1.78. The van der Waals surface area contributed by atoms with E-state index in [1.54, 1.807) is 25.2 Å². The second kappa shape index (κ2) is 8.92. The second-order valence-corrected chi connectivity index (χ2v) is 7.83. The van der Waals surface area contributed by atoms with Gasteiger partial charge < -0.3 is 10.1 Å². The van der Waals surface area contributed by atoms with Crippen LogP contribution in [0.25, 0.3) is 9.88 Å². The van der Waals surface area contributed by atoms with Crippen LogP contribution < -0.4 is 5.32 Å². The number of hydrogen-bond acceptors (Lipinski definition) is 6. The van der Waals surface area contributed by atoms with Crippen molar-refractivity contribution in [2.24, 2.45) is 0 Å². The summed E-state index contributed by atoms with van der Waals surface area (Å²) in [6.07, 6.45) is 0.376. The predicted octanol–water partition coefficient (Wildman–Crippen LogP) is 4.08. The van der Waals surface area contributed by atoms with Crippen molar-refractivity contribution in [3.63, 3.8) is 0 Å². The third kappa shape index (κ3) is 4.81. The zero-order valence-corrected chi connectivity index (χ0v) is 16.7. The molecular formula is C20H20N2O3S2. The van der Waals surface area contributed by atoms with Gasteiger partial charge in [0.2, 0.25) is 0 Å². The zero-order chi connectivity index (χ0) is 19.2. The molecule has 0 bridgehead atoms. The van der Waals surface area contributed by atoms with Crippen molar-refractivity contribution in [2.45, 2.75) is 26.3 Å². The monoisotopic (exact) mass is 400 g/mol. The molecule has 27 heavy (non-hydrogen) atoms. The lowest BCUT2D eigenvalue weighted by atomic mass is 10.1. The zero-order valence-electron chi connectivity index (χ0n) is 15.1. The lowest BCUT2D eigenvalue weighted by molar-refractivity contribution is -0.145. The summed E-state index contributed by atoms with van der Waals surface area (Å²) < 4.78 is 5.14. The van der Waals surface area contributed by atoms with E-state index in [0.717, 1.165) is 15.4 Å². The number of aryl methyl sites for hydroxylation is 1. The fourth-order valence-electron chi connectivity index (χ4n) is 2.62. The average molecular weight is 401 g/mol. The summed E-state index contributed by atoms with van der Waals surface area (Å²) in [5, 5.41) is 5.61. The molecule has 0 spiro atoms. The van der Waals surface area contributed by atoms with Gasteiger partial charge in [0.25, 0.3) is 5.91 Å². The van der Waals surface area contributed by atoms with Crippen molar-refractivity contribution in [1.29, 1.82) is 0 Å². The highest BCUT2D eigenvalue weighted by atomic mass is 32.1. The van der Waals surface area contributed by atoms with Crippen LogP contribution in [-0.2, 0) is 16.0 Å². The smallest absolute Gasteiger partial charge is 0.328 e. The maximum atomic E-state index is 12.8.